The molecule has 0 spiro atoms. The molecule has 0 aliphatic carbocycles. The van der Waals surface area contributed by atoms with Crippen LogP contribution in [0.1, 0.15) is 34.5 Å². The Morgan fingerprint density at radius 2 is 1.43 bits per heavy atom. The Morgan fingerprint density at radius 1 is 0.913 bits per heavy atom. The Hall–Kier alpha value is -4.27. The van der Waals surface area contributed by atoms with Gasteiger partial charge in [-0.2, -0.15) is 0 Å². The van der Waals surface area contributed by atoms with Crippen LogP contribution in [0.4, 0.5) is 11.6 Å². The van der Waals surface area contributed by atoms with E-state index in [4.69, 9.17) is 28.8 Å². The maximum atomic E-state index is 13.8. The quantitative estimate of drug-likeness (QED) is 0.0634. The second-order valence-electron chi connectivity index (χ2n) is 11.2. The van der Waals surface area contributed by atoms with Gasteiger partial charge < -0.3 is 32.3 Å². The third-order valence-corrected chi connectivity index (χ3v) is 8.59. The van der Waals surface area contributed by atoms with Crippen molar-refractivity contribution in [3.8, 4) is 0 Å². The summed E-state index contributed by atoms with van der Waals surface area (Å²) in [4.78, 5) is 52.8. The zero-order valence-electron chi connectivity index (χ0n) is 25.5. The summed E-state index contributed by atoms with van der Waals surface area (Å²) in [6, 6.07) is 17.8. The van der Waals surface area contributed by atoms with E-state index in [1.807, 2.05) is 66.5 Å². The van der Waals surface area contributed by atoms with Gasteiger partial charge in [-0.15, -0.1) is 0 Å². The molecule has 0 radical (unpaired) electrons. The van der Waals surface area contributed by atoms with E-state index in [9.17, 15) is 14.4 Å². The molecular weight excluding hydrogens is 676 g/mol. The summed E-state index contributed by atoms with van der Waals surface area (Å²) in [5.74, 6) is 0.126. The summed E-state index contributed by atoms with van der Waals surface area (Å²) >= 11 is 8.85. The van der Waals surface area contributed by atoms with Crippen LogP contribution in [0.5, 0.6) is 0 Å². The van der Waals surface area contributed by atoms with Crippen LogP contribution in [0.3, 0.4) is 0 Å². The number of nitrogens with two attached hydrogens (primary N) is 3. The molecule has 9 N–H and O–H groups in total. The molecule has 244 valence electrons. The van der Waals surface area contributed by atoms with E-state index in [1.165, 1.54) is 0 Å². The number of anilines is 2. The van der Waals surface area contributed by atoms with Gasteiger partial charge in [0.2, 0.25) is 6.04 Å². The SMILES string of the molecule is CBr.NC(=NC1C[N+]2(C(C(=O)NCc3ccccc3)C(=O)NCc3ccccc3)CCC1CC2)NC(=O)c1nc(Cl)c(N)nc1N. The molecule has 3 aliphatic heterocycles. The highest BCUT2D eigenvalue weighted by atomic mass is 79.9. The molecule has 13 nitrogen and oxygen atoms in total. The number of amides is 3. The smallest absolute Gasteiger partial charge is 0.288 e. The molecule has 0 saturated carbocycles. The van der Waals surface area contributed by atoms with Crippen LogP contribution in [-0.4, -0.2) is 75.7 Å². The monoisotopic (exact) mass is 713 g/mol. The zero-order valence-corrected chi connectivity index (χ0v) is 27.8. The van der Waals surface area contributed by atoms with Crippen LogP contribution in [0.25, 0.3) is 0 Å². The molecule has 3 aliphatic rings. The normalized spacial score (nSPS) is 20.3. The van der Waals surface area contributed by atoms with Gasteiger partial charge in [-0.05, 0) is 22.9 Å². The molecule has 6 rings (SSSR count). The van der Waals surface area contributed by atoms with Crippen molar-refractivity contribution in [1.82, 2.24) is 25.9 Å². The molecule has 1 atom stereocenters. The minimum absolute atomic E-state index is 0.0983. The standard InChI is InChI=1S/C30H35ClN10O3.CH3Br/c31-24-26(33)39-25(32)22(38-24)27(42)40-30(34)37-21-17-41(13-11-20(21)12-14-41)23(28(43)35-15-18-7-3-1-4-8-18)29(44)36-16-19-9-5-2-6-10-19;1-2/h1-10,20-21,23H,11-17H2,(H8-,32,33,34,35,36,37,39,40,42,43,44);1H3/p+1. The van der Waals surface area contributed by atoms with Crippen LogP contribution in [-0.2, 0) is 22.7 Å². The van der Waals surface area contributed by atoms with Crippen LogP contribution in [0, 0.1) is 5.92 Å². The van der Waals surface area contributed by atoms with Crippen molar-refractivity contribution in [3.05, 3.63) is 82.6 Å². The van der Waals surface area contributed by atoms with Gasteiger partial charge in [0.05, 0.1) is 13.1 Å². The molecule has 4 heterocycles. The second kappa shape index (κ2) is 15.8. The number of piperidine rings is 3. The van der Waals surface area contributed by atoms with Crippen molar-refractivity contribution in [3.63, 3.8) is 0 Å². The molecule has 1 unspecified atom stereocenters. The number of aliphatic imine (C=N–C) groups is 1. The summed E-state index contributed by atoms with van der Waals surface area (Å²) in [6.07, 6.45) is 1.49. The number of rotatable bonds is 9. The number of halogens is 2. The fourth-order valence-corrected chi connectivity index (χ4v) is 6.20. The number of fused-ring (bicyclic) bond motifs is 3. The highest BCUT2D eigenvalue weighted by Crippen LogP contribution is 2.38. The van der Waals surface area contributed by atoms with Crippen molar-refractivity contribution >= 4 is 62.8 Å². The second-order valence-corrected chi connectivity index (χ2v) is 11.5. The molecule has 46 heavy (non-hydrogen) atoms. The van der Waals surface area contributed by atoms with Crippen molar-refractivity contribution in [2.45, 2.75) is 38.0 Å². The highest BCUT2D eigenvalue weighted by molar-refractivity contribution is 9.08. The number of nitrogens with one attached hydrogen (secondary N) is 3. The number of hydrogen-bond donors (Lipinski definition) is 6. The number of aromatic nitrogens is 2. The fourth-order valence-electron chi connectivity index (χ4n) is 6.08. The van der Waals surface area contributed by atoms with Crippen LogP contribution in [0.15, 0.2) is 65.7 Å². The first-order valence-corrected chi connectivity index (χ1v) is 16.7. The van der Waals surface area contributed by atoms with Gasteiger partial charge in [0.15, 0.2) is 28.4 Å². The predicted molar refractivity (Wildman–Crippen MR) is 182 cm³/mol. The maximum absolute atomic E-state index is 13.8. The molecule has 3 fully saturated rings. The fraction of sp³-hybridized carbons (Fsp3) is 0.355. The number of carbonyl (C=O) groups excluding carboxylic acids is 3. The van der Waals surface area contributed by atoms with Gasteiger partial charge in [-0.1, -0.05) is 88.2 Å². The number of guanidine groups is 1. The lowest BCUT2D eigenvalue weighted by molar-refractivity contribution is -0.949. The lowest BCUT2D eigenvalue weighted by atomic mass is 9.80. The van der Waals surface area contributed by atoms with Gasteiger partial charge in [0.25, 0.3) is 17.7 Å². The van der Waals surface area contributed by atoms with Gasteiger partial charge in [0, 0.05) is 25.9 Å². The van der Waals surface area contributed by atoms with E-state index < -0.39 is 11.9 Å². The molecule has 2 bridgehead atoms. The predicted octanol–water partition coefficient (Wildman–Crippen LogP) is 1.96. The van der Waals surface area contributed by atoms with Crippen molar-refractivity contribution in [2.75, 3.05) is 36.9 Å². The first kappa shape index (κ1) is 34.6. The van der Waals surface area contributed by atoms with Gasteiger partial charge in [-0.3, -0.25) is 19.7 Å². The number of nitrogen functional groups attached to an aromatic ring is 2. The molecular formula is C31H39BrClN10O3+. The molecule has 2 aromatic carbocycles. The van der Waals surface area contributed by atoms with E-state index in [1.54, 1.807) is 0 Å². The number of quaternary nitrogens is 1. The van der Waals surface area contributed by atoms with E-state index in [2.05, 4.69) is 46.8 Å². The van der Waals surface area contributed by atoms with Crippen LogP contribution in [0.2, 0.25) is 5.15 Å². The molecule has 15 heteroatoms. The average Bonchev–Trinajstić information content (AvgIpc) is 3.06. The van der Waals surface area contributed by atoms with Crippen molar-refractivity contribution < 1.29 is 18.9 Å². The van der Waals surface area contributed by atoms with E-state index in [0.717, 1.165) is 24.0 Å². The molecule has 1 aromatic heterocycles. The largest absolute Gasteiger partial charge is 0.382 e. The minimum Gasteiger partial charge on any atom is -0.382 e. The molecule has 3 aromatic rings. The van der Waals surface area contributed by atoms with E-state index in [-0.39, 0.29) is 56.7 Å². The summed E-state index contributed by atoms with van der Waals surface area (Å²) < 4.78 is 0.235. The zero-order chi connectivity index (χ0) is 33.3. The number of alkyl halides is 1. The number of nitrogens with zero attached hydrogens (tertiary/aromatic N) is 4. The van der Waals surface area contributed by atoms with Crippen LogP contribution >= 0.6 is 27.5 Å². The Bertz CT molecular complexity index is 1500. The Balaban J connectivity index is 0.00000235. The third-order valence-electron chi connectivity index (χ3n) is 8.32. The first-order valence-electron chi connectivity index (χ1n) is 14.7. The summed E-state index contributed by atoms with van der Waals surface area (Å²) in [5.41, 5.74) is 19.2. The summed E-state index contributed by atoms with van der Waals surface area (Å²) in [5, 5.41) is 8.31. The topological polar surface area (TPSA) is 204 Å². The van der Waals surface area contributed by atoms with Gasteiger partial charge in [0.1, 0.15) is 12.6 Å². The minimum atomic E-state index is -0.996. The van der Waals surface area contributed by atoms with Crippen LogP contribution < -0.4 is 33.2 Å². The Labute approximate surface area is 281 Å². The van der Waals surface area contributed by atoms with E-state index in [0.29, 0.717) is 32.7 Å². The van der Waals surface area contributed by atoms with Crippen molar-refractivity contribution in [2.24, 2.45) is 16.6 Å². The maximum Gasteiger partial charge on any atom is 0.288 e. The number of carbonyl (C=O) groups is 3. The molecule has 3 amide bonds. The Kier molecular flexibility index (Phi) is 11.9. The molecule has 3 saturated heterocycles. The average molecular weight is 715 g/mol. The van der Waals surface area contributed by atoms with E-state index >= 15 is 0 Å². The van der Waals surface area contributed by atoms with Gasteiger partial charge in [-0.25, -0.2) is 15.0 Å². The first-order chi connectivity index (χ1) is 22.1. The number of benzene rings is 2. The van der Waals surface area contributed by atoms with Gasteiger partial charge >= 0.3 is 0 Å². The Morgan fingerprint density at radius 3 is 1.96 bits per heavy atom. The summed E-state index contributed by atoms with van der Waals surface area (Å²) in [6.45, 7) is 2.28. The van der Waals surface area contributed by atoms with Crippen molar-refractivity contribution in [1.29, 1.82) is 0 Å². The summed E-state index contributed by atoms with van der Waals surface area (Å²) in [7, 11) is 0. The lowest BCUT2D eigenvalue weighted by Crippen LogP contribution is -2.73. The lowest BCUT2D eigenvalue weighted by Gasteiger charge is -2.53. The third kappa shape index (κ3) is 8.30. The number of hydrogen-bond acceptors (Lipinski definition) is 8. The highest BCUT2D eigenvalue weighted by Gasteiger charge is 2.55.